The van der Waals surface area contributed by atoms with Crippen LogP contribution in [0.25, 0.3) is 0 Å². The highest BCUT2D eigenvalue weighted by Gasteiger charge is 2.28. The van der Waals surface area contributed by atoms with Crippen molar-refractivity contribution < 1.29 is 4.42 Å². The molecule has 0 aromatic carbocycles. The van der Waals surface area contributed by atoms with Gasteiger partial charge in [-0.05, 0) is 26.3 Å². The van der Waals surface area contributed by atoms with Crippen LogP contribution in [0, 0.1) is 6.92 Å². The van der Waals surface area contributed by atoms with E-state index in [0.717, 1.165) is 5.56 Å². The molecule has 5 nitrogen and oxygen atoms in total. The van der Waals surface area contributed by atoms with Crippen molar-refractivity contribution in [2.75, 3.05) is 0 Å². The van der Waals surface area contributed by atoms with Crippen molar-refractivity contribution in [3.63, 3.8) is 0 Å². The molecule has 0 saturated carbocycles. The maximum Gasteiger partial charge on any atom is 0.243 e. The van der Waals surface area contributed by atoms with Crippen molar-refractivity contribution in [1.29, 1.82) is 0 Å². The van der Waals surface area contributed by atoms with Gasteiger partial charge in [-0.15, -0.1) is 10.2 Å². The summed E-state index contributed by atoms with van der Waals surface area (Å²) in [5.74, 6) is 0.556. The molecular weight excluding hydrogens is 180 g/mol. The first kappa shape index (κ1) is 8.93. The molecule has 0 atom stereocenters. The average molecular weight is 192 g/mol. The fourth-order valence-corrected chi connectivity index (χ4v) is 1.26. The fourth-order valence-electron chi connectivity index (χ4n) is 1.26. The molecule has 0 unspecified atom stereocenters. The summed E-state index contributed by atoms with van der Waals surface area (Å²) >= 11 is 0. The maximum atomic E-state index is 5.18. The van der Waals surface area contributed by atoms with Crippen molar-refractivity contribution in [2.24, 2.45) is 0 Å². The zero-order valence-electron chi connectivity index (χ0n) is 8.43. The molecule has 0 N–H and O–H groups in total. The second-order valence-electron chi connectivity index (χ2n) is 3.77. The minimum Gasteiger partial charge on any atom is -0.425 e. The molecule has 74 valence electrons. The van der Waals surface area contributed by atoms with Gasteiger partial charge in [0.1, 0.15) is 5.54 Å². The third kappa shape index (κ3) is 1.30. The van der Waals surface area contributed by atoms with Crippen LogP contribution >= 0.6 is 0 Å². The van der Waals surface area contributed by atoms with Gasteiger partial charge in [-0.2, -0.15) is 5.10 Å². The van der Waals surface area contributed by atoms with Crippen molar-refractivity contribution in [2.45, 2.75) is 26.3 Å². The second kappa shape index (κ2) is 2.94. The molecule has 2 aromatic rings. The first-order chi connectivity index (χ1) is 6.60. The largest absolute Gasteiger partial charge is 0.425 e. The predicted molar refractivity (Wildman–Crippen MR) is 49.7 cm³/mol. The first-order valence-electron chi connectivity index (χ1n) is 4.39. The number of hydrogen-bond donors (Lipinski definition) is 0. The fraction of sp³-hybridized carbons (Fsp3) is 0.444. The molecule has 14 heavy (non-hydrogen) atoms. The highest BCUT2D eigenvalue weighted by atomic mass is 16.4. The summed E-state index contributed by atoms with van der Waals surface area (Å²) in [7, 11) is 0. The normalized spacial score (nSPS) is 11.9. The van der Waals surface area contributed by atoms with E-state index in [1.54, 1.807) is 6.20 Å². The predicted octanol–water partition coefficient (Wildman–Crippen LogP) is 1.36. The smallest absolute Gasteiger partial charge is 0.243 e. The Labute approximate surface area is 81.8 Å². The van der Waals surface area contributed by atoms with E-state index < -0.39 is 5.54 Å². The van der Waals surface area contributed by atoms with Crippen LogP contribution in [0.1, 0.15) is 25.3 Å². The molecular formula is C9H12N4O. The van der Waals surface area contributed by atoms with Crippen molar-refractivity contribution in [3.8, 4) is 0 Å². The van der Waals surface area contributed by atoms with E-state index in [2.05, 4.69) is 15.3 Å². The van der Waals surface area contributed by atoms with Gasteiger partial charge in [-0.3, -0.25) is 4.68 Å². The minimum absolute atomic E-state index is 0.398. The van der Waals surface area contributed by atoms with Gasteiger partial charge in [0.15, 0.2) is 0 Å². The molecule has 0 saturated heterocycles. The Bertz CT molecular complexity index is 416. The molecule has 0 amide bonds. The van der Waals surface area contributed by atoms with Crippen LogP contribution in [0.15, 0.2) is 23.2 Å². The van der Waals surface area contributed by atoms with E-state index in [4.69, 9.17) is 4.42 Å². The van der Waals surface area contributed by atoms with Gasteiger partial charge in [0.25, 0.3) is 0 Å². The third-order valence-corrected chi connectivity index (χ3v) is 2.17. The lowest BCUT2D eigenvalue weighted by Crippen LogP contribution is -2.28. The van der Waals surface area contributed by atoms with E-state index in [0.29, 0.717) is 5.89 Å². The van der Waals surface area contributed by atoms with Gasteiger partial charge in [-0.1, -0.05) is 0 Å². The molecule has 0 aliphatic carbocycles. The van der Waals surface area contributed by atoms with Gasteiger partial charge in [0.05, 0.1) is 6.20 Å². The van der Waals surface area contributed by atoms with E-state index >= 15 is 0 Å². The minimum atomic E-state index is -0.398. The monoisotopic (exact) mass is 192 g/mol. The van der Waals surface area contributed by atoms with Crippen LogP contribution < -0.4 is 0 Å². The summed E-state index contributed by atoms with van der Waals surface area (Å²) in [5.41, 5.74) is 0.711. The van der Waals surface area contributed by atoms with Gasteiger partial charge in [-0.25, -0.2) is 0 Å². The Kier molecular flexibility index (Phi) is 1.87. The second-order valence-corrected chi connectivity index (χ2v) is 3.77. The average Bonchev–Trinajstić information content (AvgIpc) is 2.72. The summed E-state index contributed by atoms with van der Waals surface area (Å²) in [5, 5.41) is 11.8. The highest BCUT2D eigenvalue weighted by molar-refractivity contribution is 5.06. The first-order valence-corrected chi connectivity index (χ1v) is 4.39. The van der Waals surface area contributed by atoms with E-state index in [1.165, 1.54) is 6.39 Å². The Morgan fingerprint density at radius 1 is 1.43 bits per heavy atom. The van der Waals surface area contributed by atoms with Crippen LogP contribution in [0.3, 0.4) is 0 Å². The van der Waals surface area contributed by atoms with Gasteiger partial charge >= 0.3 is 0 Å². The Balaban J connectivity index is 2.42. The summed E-state index contributed by atoms with van der Waals surface area (Å²) in [6.07, 6.45) is 5.08. The van der Waals surface area contributed by atoms with Crippen LogP contribution in [-0.4, -0.2) is 20.0 Å². The summed E-state index contributed by atoms with van der Waals surface area (Å²) in [4.78, 5) is 0. The number of nitrogens with zero attached hydrogens (tertiary/aromatic N) is 4. The van der Waals surface area contributed by atoms with E-state index in [9.17, 15) is 0 Å². The molecule has 5 heteroatoms. The number of rotatable bonds is 2. The van der Waals surface area contributed by atoms with E-state index in [-0.39, 0.29) is 0 Å². The van der Waals surface area contributed by atoms with Gasteiger partial charge < -0.3 is 4.42 Å². The van der Waals surface area contributed by atoms with Crippen LogP contribution in [0.5, 0.6) is 0 Å². The Morgan fingerprint density at radius 2 is 2.21 bits per heavy atom. The molecule has 0 fully saturated rings. The van der Waals surface area contributed by atoms with Gasteiger partial charge in [0, 0.05) is 6.20 Å². The standard InChI is InChI=1S/C9H12N4O/c1-7-4-11-13(5-7)9(2,3)8-12-10-6-14-8/h4-6H,1-3H3. The third-order valence-electron chi connectivity index (χ3n) is 2.17. The number of aromatic nitrogens is 4. The van der Waals surface area contributed by atoms with Crippen LogP contribution in [-0.2, 0) is 5.54 Å². The van der Waals surface area contributed by atoms with Crippen LogP contribution in [0.4, 0.5) is 0 Å². The summed E-state index contributed by atoms with van der Waals surface area (Å²) in [6.45, 7) is 5.95. The Morgan fingerprint density at radius 3 is 2.71 bits per heavy atom. The van der Waals surface area contributed by atoms with Crippen LogP contribution in [0.2, 0.25) is 0 Å². The SMILES string of the molecule is Cc1cnn(C(C)(C)c2nnco2)c1. The lowest BCUT2D eigenvalue weighted by Gasteiger charge is -2.20. The Hall–Kier alpha value is -1.65. The molecule has 0 radical (unpaired) electrons. The molecule has 2 rings (SSSR count). The molecule has 2 heterocycles. The highest BCUT2D eigenvalue weighted by Crippen LogP contribution is 2.22. The number of aryl methyl sites for hydroxylation is 1. The maximum absolute atomic E-state index is 5.18. The molecule has 2 aromatic heterocycles. The lowest BCUT2D eigenvalue weighted by molar-refractivity contribution is 0.298. The van der Waals surface area contributed by atoms with Crippen molar-refractivity contribution in [3.05, 3.63) is 30.2 Å². The lowest BCUT2D eigenvalue weighted by atomic mass is 10.1. The van der Waals surface area contributed by atoms with Gasteiger partial charge in [0.2, 0.25) is 12.3 Å². The van der Waals surface area contributed by atoms with Crippen molar-refractivity contribution in [1.82, 2.24) is 20.0 Å². The van der Waals surface area contributed by atoms with Crippen molar-refractivity contribution >= 4 is 0 Å². The van der Waals surface area contributed by atoms with E-state index in [1.807, 2.05) is 31.6 Å². The molecule has 0 spiro atoms. The quantitative estimate of drug-likeness (QED) is 0.720. The number of hydrogen-bond acceptors (Lipinski definition) is 4. The molecule has 0 aliphatic heterocycles. The zero-order chi connectivity index (χ0) is 10.2. The summed E-state index contributed by atoms with van der Waals surface area (Å²) < 4.78 is 6.99. The topological polar surface area (TPSA) is 56.7 Å². The molecule has 0 aliphatic rings. The summed E-state index contributed by atoms with van der Waals surface area (Å²) in [6, 6.07) is 0. The molecule has 0 bridgehead atoms. The zero-order valence-corrected chi connectivity index (χ0v) is 8.43.